The van der Waals surface area contributed by atoms with E-state index in [9.17, 15) is 0 Å². The Bertz CT molecular complexity index is 723. The number of halogens is 1. The van der Waals surface area contributed by atoms with E-state index in [0.29, 0.717) is 23.2 Å². The summed E-state index contributed by atoms with van der Waals surface area (Å²) < 4.78 is 11.3. The lowest BCUT2D eigenvalue weighted by Crippen LogP contribution is -2.07. The summed E-state index contributed by atoms with van der Waals surface area (Å²) in [6.07, 6.45) is 2.54. The van der Waals surface area contributed by atoms with E-state index in [2.05, 4.69) is 27.5 Å². The normalized spacial score (nSPS) is 15.7. The predicted molar refractivity (Wildman–Crippen MR) is 90.7 cm³/mol. The fourth-order valence-corrected chi connectivity index (χ4v) is 2.94. The highest BCUT2D eigenvalue weighted by Gasteiger charge is 2.21. The van der Waals surface area contributed by atoms with E-state index in [-0.39, 0.29) is 6.10 Å². The van der Waals surface area contributed by atoms with Gasteiger partial charge in [-0.25, -0.2) is 9.97 Å². The van der Waals surface area contributed by atoms with Crippen LogP contribution >= 0.6 is 11.6 Å². The Morgan fingerprint density at radius 3 is 2.96 bits per heavy atom. The molecule has 1 atom stereocenters. The number of fused-ring (bicyclic) bond motifs is 1. The minimum atomic E-state index is 0.203. The molecule has 0 saturated heterocycles. The van der Waals surface area contributed by atoms with Crippen LogP contribution in [0.2, 0.25) is 5.15 Å². The first-order valence-corrected chi connectivity index (χ1v) is 7.78. The number of hydrogen-bond acceptors (Lipinski definition) is 6. The van der Waals surface area contributed by atoms with Crippen LogP contribution in [0, 0.1) is 0 Å². The minimum Gasteiger partial charge on any atom is -0.496 e. The van der Waals surface area contributed by atoms with Crippen LogP contribution in [-0.4, -0.2) is 30.2 Å². The summed E-state index contributed by atoms with van der Waals surface area (Å²) >= 11 is 6.06. The van der Waals surface area contributed by atoms with Crippen molar-refractivity contribution in [3.8, 4) is 11.5 Å². The number of aromatic nitrogens is 2. The van der Waals surface area contributed by atoms with Crippen LogP contribution in [0.4, 0.5) is 11.5 Å². The monoisotopic (exact) mass is 334 g/mol. The van der Waals surface area contributed by atoms with Crippen LogP contribution in [-0.2, 0) is 13.0 Å². The van der Waals surface area contributed by atoms with Crippen molar-refractivity contribution in [2.24, 2.45) is 0 Å². The maximum Gasteiger partial charge on any atom is 0.157 e. The first-order chi connectivity index (χ1) is 11.1. The second-order valence-electron chi connectivity index (χ2n) is 5.40. The van der Waals surface area contributed by atoms with E-state index in [4.69, 9.17) is 21.1 Å². The molecule has 3 rings (SSSR count). The molecule has 2 N–H and O–H groups in total. The molecule has 2 aromatic rings. The van der Waals surface area contributed by atoms with Crippen LogP contribution in [0.25, 0.3) is 0 Å². The average Bonchev–Trinajstić information content (AvgIpc) is 2.90. The highest BCUT2D eigenvalue weighted by molar-refractivity contribution is 6.32. The number of benzene rings is 1. The average molecular weight is 335 g/mol. The molecule has 0 fully saturated rings. The molecule has 0 radical (unpaired) electrons. The second kappa shape index (κ2) is 6.50. The van der Waals surface area contributed by atoms with Gasteiger partial charge < -0.3 is 20.1 Å². The molecule has 1 aliphatic heterocycles. The van der Waals surface area contributed by atoms with Crippen LogP contribution in [0.1, 0.15) is 18.1 Å². The number of methoxy groups -OCH3 is 1. The highest BCUT2D eigenvalue weighted by Crippen LogP contribution is 2.35. The van der Waals surface area contributed by atoms with Crippen LogP contribution in [0.5, 0.6) is 11.5 Å². The molecule has 0 bridgehead atoms. The lowest BCUT2D eigenvalue weighted by atomic mass is 10.1. The van der Waals surface area contributed by atoms with Gasteiger partial charge in [0.1, 0.15) is 29.6 Å². The molecular formula is C16H19ClN4O2. The van der Waals surface area contributed by atoms with E-state index in [1.165, 1.54) is 11.9 Å². The fraction of sp³-hybridized carbons (Fsp3) is 0.375. The zero-order chi connectivity index (χ0) is 16.4. The van der Waals surface area contributed by atoms with E-state index in [1.807, 2.05) is 12.1 Å². The zero-order valence-electron chi connectivity index (χ0n) is 13.3. The summed E-state index contributed by atoms with van der Waals surface area (Å²) in [7, 11) is 3.45. The number of hydrogen-bond donors (Lipinski definition) is 2. The van der Waals surface area contributed by atoms with Gasteiger partial charge in [-0.3, -0.25) is 0 Å². The first kappa shape index (κ1) is 15.7. The number of rotatable bonds is 5. The minimum absolute atomic E-state index is 0.203. The quantitative estimate of drug-likeness (QED) is 0.819. The van der Waals surface area contributed by atoms with Gasteiger partial charge in [0.15, 0.2) is 11.0 Å². The lowest BCUT2D eigenvalue weighted by Gasteiger charge is -2.14. The van der Waals surface area contributed by atoms with E-state index >= 15 is 0 Å². The van der Waals surface area contributed by atoms with Gasteiger partial charge in [-0.2, -0.15) is 0 Å². The molecule has 1 unspecified atom stereocenters. The Kier molecular flexibility index (Phi) is 4.43. The van der Waals surface area contributed by atoms with Crippen molar-refractivity contribution in [2.45, 2.75) is 26.0 Å². The molecule has 0 aliphatic carbocycles. The SMILES string of the molecule is CNc1c(Cl)ncnc1NCc1cc2c(cc1OC)CC(C)O2. The Morgan fingerprint density at radius 1 is 1.39 bits per heavy atom. The first-order valence-electron chi connectivity index (χ1n) is 7.41. The van der Waals surface area contributed by atoms with Gasteiger partial charge >= 0.3 is 0 Å². The van der Waals surface area contributed by atoms with E-state index < -0.39 is 0 Å². The largest absolute Gasteiger partial charge is 0.496 e. The molecule has 7 heteroatoms. The molecule has 1 aliphatic rings. The predicted octanol–water partition coefficient (Wildman–Crippen LogP) is 3.12. The Morgan fingerprint density at radius 2 is 2.22 bits per heavy atom. The maximum atomic E-state index is 6.06. The Labute approximate surface area is 140 Å². The fourth-order valence-electron chi connectivity index (χ4n) is 2.71. The van der Waals surface area contributed by atoms with Gasteiger partial charge in [-0.15, -0.1) is 0 Å². The standard InChI is InChI=1S/C16H19ClN4O2/c1-9-4-10-5-12(22-3)11(6-13(10)23-9)7-19-16-14(18-2)15(17)20-8-21-16/h5-6,8-9,18H,4,7H2,1-3H3,(H,19,20,21). The van der Waals surface area contributed by atoms with Gasteiger partial charge in [-0.1, -0.05) is 11.6 Å². The summed E-state index contributed by atoms with van der Waals surface area (Å²) in [6, 6.07) is 4.06. The van der Waals surface area contributed by atoms with Crippen molar-refractivity contribution in [3.63, 3.8) is 0 Å². The summed E-state index contributed by atoms with van der Waals surface area (Å²) in [5, 5.41) is 6.64. The molecule has 23 heavy (non-hydrogen) atoms. The summed E-state index contributed by atoms with van der Waals surface area (Å²) in [5.41, 5.74) is 2.84. The molecule has 2 heterocycles. The topological polar surface area (TPSA) is 68.3 Å². The molecule has 0 amide bonds. The highest BCUT2D eigenvalue weighted by atomic mass is 35.5. The van der Waals surface area contributed by atoms with Gasteiger partial charge in [0.05, 0.1) is 7.11 Å². The van der Waals surface area contributed by atoms with Gasteiger partial charge in [-0.05, 0) is 19.1 Å². The Balaban J connectivity index is 1.84. The summed E-state index contributed by atoms with van der Waals surface area (Å²) in [6.45, 7) is 2.60. The van der Waals surface area contributed by atoms with Crippen LogP contribution in [0.15, 0.2) is 18.5 Å². The molecule has 122 valence electrons. The maximum absolute atomic E-state index is 6.06. The number of nitrogens with zero attached hydrogens (tertiary/aromatic N) is 2. The zero-order valence-corrected chi connectivity index (χ0v) is 14.1. The van der Waals surface area contributed by atoms with E-state index in [0.717, 1.165) is 23.5 Å². The summed E-state index contributed by atoms with van der Waals surface area (Å²) in [5.74, 6) is 2.40. The van der Waals surface area contributed by atoms with Crippen molar-refractivity contribution in [2.75, 3.05) is 24.8 Å². The third-order valence-electron chi connectivity index (χ3n) is 3.80. The van der Waals surface area contributed by atoms with Crippen molar-refractivity contribution in [1.29, 1.82) is 0 Å². The van der Waals surface area contributed by atoms with Crippen LogP contribution < -0.4 is 20.1 Å². The third kappa shape index (κ3) is 3.12. The second-order valence-corrected chi connectivity index (χ2v) is 5.75. The van der Waals surface area contributed by atoms with Gasteiger partial charge in [0.2, 0.25) is 0 Å². The van der Waals surface area contributed by atoms with E-state index in [1.54, 1.807) is 14.2 Å². The lowest BCUT2D eigenvalue weighted by molar-refractivity contribution is 0.254. The van der Waals surface area contributed by atoms with Crippen molar-refractivity contribution >= 4 is 23.1 Å². The summed E-state index contributed by atoms with van der Waals surface area (Å²) in [4.78, 5) is 8.19. The van der Waals surface area contributed by atoms with Crippen molar-refractivity contribution in [3.05, 3.63) is 34.7 Å². The molecule has 0 spiro atoms. The number of nitrogens with one attached hydrogen (secondary N) is 2. The third-order valence-corrected chi connectivity index (χ3v) is 4.08. The molecule has 1 aromatic heterocycles. The molecular weight excluding hydrogens is 316 g/mol. The van der Waals surface area contributed by atoms with Gasteiger partial charge in [0.25, 0.3) is 0 Å². The van der Waals surface area contributed by atoms with Gasteiger partial charge in [0, 0.05) is 31.1 Å². The number of ether oxygens (including phenoxy) is 2. The van der Waals surface area contributed by atoms with Crippen molar-refractivity contribution in [1.82, 2.24) is 9.97 Å². The Hall–Kier alpha value is -2.21. The molecule has 0 saturated carbocycles. The van der Waals surface area contributed by atoms with Crippen LogP contribution in [0.3, 0.4) is 0 Å². The number of anilines is 2. The van der Waals surface area contributed by atoms with Crippen molar-refractivity contribution < 1.29 is 9.47 Å². The molecule has 6 nitrogen and oxygen atoms in total. The smallest absolute Gasteiger partial charge is 0.157 e. The molecule has 1 aromatic carbocycles.